The topological polar surface area (TPSA) is 81.4 Å². The molecule has 0 spiro atoms. The van der Waals surface area contributed by atoms with Crippen molar-refractivity contribution in [3.05, 3.63) is 69.9 Å². The molecule has 0 aliphatic carbocycles. The van der Waals surface area contributed by atoms with Gasteiger partial charge in [0.15, 0.2) is 24.1 Å². The minimum atomic E-state index is -1.77. The van der Waals surface area contributed by atoms with Crippen LogP contribution in [-0.4, -0.2) is 23.6 Å². The van der Waals surface area contributed by atoms with Gasteiger partial charge in [0.05, 0.1) is 16.3 Å². The van der Waals surface area contributed by atoms with Crippen LogP contribution in [0.15, 0.2) is 34.9 Å². The van der Waals surface area contributed by atoms with Crippen molar-refractivity contribution in [1.82, 2.24) is 5.16 Å². The van der Waals surface area contributed by atoms with Crippen LogP contribution in [-0.2, 0) is 9.53 Å². The maximum atomic E-state index is 14.2. The van der Waals surface area contributed by atoms with Crippen LogP contribution in [0.4, 0.5) is 23.2 Å². The SMILES string of the molecule is Cc1onc(-c2c(F)cccc2Cl)c1C(=O)OCC(=O)Nc1ccc(F)c(F)c1F. The molecule has 0 unspecified atom stereocenters. The Labute approximate surface area is 171 Å². The fraction of sp³-hybridized carbons (Fsp3) is 0.105. The molecule has 0 atom stereocenters. The summed E-state index contributed by atoms with van der Waals surface area (Å²) in [6.07, 6.45) is 0. The average Bonchev–Trinajstić information content (AvgIpc) is 3.07. The van der Waals surface area contributed by atoms with Crippen LogP contribution in [0.1, 0.15) is 16.1 Å². The highest BCUT2D eigenvalue weighted by atomic mass is 35.5. The molecule has 3 aromatic rings. The average molecular weight is 443 g/mol. The summed E-state index contributed by atoms with van der Waals surface area (Å²) >= 11 is 5.98. The number of halogens is 5. The number of hydrogen-bond donors (Lipinski definition) is 1. The van der Waals surface area contributed by atoms with E-state index in [1.54, 1.807) is 0 Å². The second kappa shape index (κ2) is 8.54. The highest BCUT2D eigenvalue weighted by Crippen LogP contribution is 2.33. The van der Waals surface area contributed by atoms with E-state index in [1.807, 2.05) is 5.32 Å². The summed E-state index contributed by atoms with van der Waals surface area (Å²) in [5, 5.41) is 5.53. The standard InChI is InChI=1S/C19H11ClF4N2O4/c1-8-14(18(26-30-8)15-9(20)3-2-4-10(15)21)19(28)29-7-13(27)25-12-6-5-11(22)16(23)17(12)24/h2-6H,7H2,1H3,(H,25,27). The molecule has 1 heterocycles. The number of anilines is 1. The number of aromatic nitrogens is 1. The number of nitrogens with zero attached hydrogens (tertiary/aromatic N) is 1. The van der Waals surface area contributed by atoms with Gasteiger partial charge in [-0.25, -0.2) is 22.4 Å². The molecule has 0 bridgehead atoms. The molecular formula is C19H11ClF4N2O4. The number of carbonyl (C=O) groups is 2. The maximum Gasteiger partial charge on any atom is 0.344 e. The number of nitrogens with one attached hydrogen (secondary N) is 1. The summed E-state index contributed by atoms with van der Waals surface area (Å²) in [6.45, 7) is 0.449. The number of aryl methyl sites for hydroxylation is 1. The first-order valence-electron chi connectivity index (χ1n) is 8.21. The smallest absolute Gasteiger partial charge is 0.344 e. The van der Waals surface area contributed by atoms with E-state index in [1.165, 1.54) is 19.1 Å². The number of benzene rings is 2. The lowest BCUT2D eigenvalue weighted by molar-refractivity contribution is -0.119. The van der Waals surface area contributed by atoms with Gasteiger partial charge in [-0.1, -0.05) is 22.8 Å². The Balaban J connectivity index is 1.76. The van der Waals surface area contributed by atoms with Gasteiger partial charge in [-0.15, -0.1) is 0 Å². The molecule has 0 fully saturated rings. The van der Waals surface area contributed by atoms with Gasteiger partial charge >= 0.3 is 5.97 Å². The number of rotatable bonds is 5. The highest BCUT2D eigenvalue weighted by Gasteiger charge is 2.27. The van der Waals surface area contributed by atoms with Crippen molar-refractivity contribution < 1.29 is 36.4 Å². The molecule has 0 saturated heterocycles. The predicted molar refractivity (Wildman–Crippen MR) is 96.9 cm³/mol. The zero-order valence-electron chi connectivity index (χ0n) is 15.1. The highest BCUT2D eigenvalue weighted by molar-refractivity contribution is 6.33. The van der Waals surface area contributed by atoms with E-state index in [-0.39, 0.29) is 27.6 Å². The lowest BCUT2D eigenvalue weighted by atomic mass is 10.1. The summed E-state index contributed by atoms with van der Waals surface area (Å²) < 4.78 is 63.7. The monoisotopic (exact) mass is 442 g/mol. The lowest BCUT2D eigenvalue weighted by Crippen LogP contribution is -2.22. The normalized spacial score (nSPS) is 10.7. The van der Waals surface area contributed by atoms with Gasteiger partial charge < -0.3 is 14.6 Å². The molecule has 0 aliphatic rings. The first kappa shape index (κ1) is 21.3. The van der Waals surface area contributed by atoms with Crippen LogP contribution in [0, 0.1) is 30.2 Å². The van der Waals surface area contributed by atoms with Gasteiger partial charge in [0, 0.05) is 0 Å². The van der Waals surface area contributed by atoms with Crippen molar-refractivity contribution in [2.24, 2.45) is 0 Å². The van der Waals surface area contributed by atoms with E-state index in [2.05, 4.69) is 5.16 Å². The van der Waals surface area contributed by atoms with Gasteiger partial charge in [-0.2, -0.15) is 0 Å². The molecule has 30 heavy (non-hydrogen) atoms. The van der Waals surface area contributed by atoms with Crippen molar-refractivity contribution >= 4 is 29.2 Å². The number of esters is 1. The molecule has 3 rings (SSSR count). The molecule has 2 aromatic carbocycles. The third-order valence-electron chi connectivity index (χ3n) is 3.91. The molecule has 11 heteroatoms. The van der Waals surface area contributed by atoms with Crippen LogP contribution < -0.4 is 5.32 Å². The Bertz CT molecular complexity index is 1130. The van der Waals surface area contributed by atoms with E-state index < -0.39 is 47.4 Å². The molecule has 0 aliphatic heterocycles. The molecular weight excluding hydrogens is 432 g/mol. The third-order valence-corrected chi connectivity index (χ3v) is 4.23. The van der Waals surface area contributed by atoms with E-state index in [4.69, 9.17) is 20.9 Å². The number of carbonyl (C=O) groups excluding carboxylic acids is 2. The van der Waals surface area contributed by atoms with Crippen molar-refractivity contribution in [3.63, 3.8) is 0 Å². The number of amides is 1. The second-order valence-corrected chi connectivity index (χ2v) is 6.31. The van der Waals surface area contributed by atoms with Gasteiger partial charge in [-0.05, 0) is 31.2 Å². The minimum absolute atomic E-state index is 0.0265. The van der Waals surface area contributed by atoms with Crippen LogP contribution in [0.3, 0.4) is 0 Å². The van der Waals surface area contributed by atoms with Gasteiger partial charge in [0.2, 0.25) is 0 Å². The molecule has 1 N–H and O–H groups in total. The van der Waals surface area contributed by atoms with E-state index >= 15 is 0 Å². The van der Waals surface area contributed by atoms with Crippen LogP contribution in [0.25, 0.3) is 11.3 Å². The van der Waals surface area contributed by atoms with Gasteiger partial charge in [0.1, 0.15) is 22.8 Å². The van der Waals surface area contributed by atoms with E-state index in [0.29, 0.717) is 6.07 Å². The van der Waals surface area contributed by atoms with Crippen molar-refractivity contribution in [2.45, 2.75) is 6.92 Å². The Morgan fingerprint density at radius 1 is 1.10 bits per heavy atom. The Morgan fingerprint density at radius 2 is 1.83 bits per heavy atom. The number of hydrogen-bond acceptors (Lipinski definition) is 5. The minimum Gasteiger partial charge on any atom is -0.452 e. The first-order chi connectivity index (χ1) is 14.2. The fourth-order valence-corrected chi connectivity index (χ4v) is 2.77. The molecule has 1 aromatic heterocycles. The van der Waals surface area contributed by atoms with Crippen LogP contribution in [0.5, 0.6) is 0 Å². The zero-order chi connectivity index (χ0) is 22.0. The third kappa shape index (κ3) is 4.13. The number of ether oxygens (including phenoxy) is 1. The zero-order valence-corrected chi connectivity index (χ0v) is 15.8. The summed E-state index contributed by atoms with van der Waals surface area (Å²) in [6, 6.07) is 5.25. The molecule has 156 valence electrons. The van der Waals surface area contributed by atoms with Gasteiger partial charge in [-0.3, -0.25) is 4.79 Å². The van der Waals surface area contributed by atoms with Crippen LogP contribution in [0.2, 0.25) is 5.02 Å². The van der Waals surface area contributed by atoms with Gasteiger partial charge in [0.25, 0.3) is 5.91 Å². The lowest BCUT2D eigenvalue weighted by Gasteiger charge is -2.09. The first-order valence-corrected chi connectivity index (χ1v) is 8.59. The molecule has 0 saturated carbocycles. The second-order valence-electron chi connectivity index (χ2n) is 5.91. The van der Waals surface area contributed by atoms with E-state index in [9.17, 15) is 27.2 Å². The van der Waals surface area contributed by atoms with Crippen molar-refractivity contribution in [3.8, 4) is 11.3 Å². The predicted octanol–water partition coefficient (Wildman–Crippen LogP) is 4.66. The molecule has 0 radical (unpaired) electrons. The fourth-order valence-electron chi connectivity index (χ4n) is 2.52. The van der Waals surface area contributed by atoms with E-state index in [0.717, 1.165) is 12.1 Å². The maximum absolute atomic E-state index is 14.2. The molecule has 6 nitrogen and oxygen atoms in total. The summed E-state index contributed by atoms with van der Waals surface area (Å²) in [5.41, 5.74) is -1.34. The van der Waals surface area contributed by atoms with Crippen molar-refractivity contribution in [2.75, 3.05) is 11.9 Å². The van der Waals surface area contributed by atoms with Crippen molar-refractivity contribution in [1.29, 1.82) is 0 Å². The Kier molecular flexibility index (Phi) is 6.06. The van der Waals surface area contributed by atoms with Crippen LogP contribution >= 0.6 is 11.6 Å². The summed E-state index contributed by atoms with van der Waals surface area (Å²) in [7, 11) is 0. The largest absolute Gasteiger partial charge is 0.452 e. The quantitative estimate of drug-likeness (QED) is 0.353. The summed E-state index contributed by atoms with van der Waals surface area (Å²) in [4.78, 5) is 24.3. The Hall–Kier alpha value is -3.40. The Morgan fingerprint density at radius 3 is 2.53 bits per heavy atom. The summed E-state index contributed by atoms with van der Waals surface area (Å²) in [5.74, 6) is -7.73. The molecule has 1 amide bonds.